The molecule has 0 atom stereocenters. The second-order valence-corrected chi connectivity index (χ2v) is 9.85. The number of thiazole rings is 1. The van der Waals surface area contributed by atoms with Crippen LogP contribution in [-0.2, 0) is 22.9 Å². The van der Waals surface area contributed by atoms with Gasteiger partial charge in [0, 0.05) is 23.5 Å². The molecule has 1 aliphatic carbocycles. The molecule has 26 heavy (non-hydrogen) atoms. The van der Waals surface area contributed by atoms with Gasteiger partial charge in [-0.3, -0.25) is 10.1 Å². The fourth-order valence-electron chi connectivity index (χ4n) is 3.32. The van der Waals surface area contributed by atoms with E-state index < -0.39 is 10.0 Å². The van der Waals surface area contributed by atoms with Crippen LogP contribution >= 0.6 is 22.9 Å². The molecule has 0 saturated carbocycles. The molecule has 0 bridgehead atoms. The summed E-state index contributed by atoms with van der Waals surface area (Å²) in [7, 11) is -3.69. The highest BCUT2D eigenvalue weighted by molar-refractivity contribution is 7.89. The smallest absolute Gasteiger partial charge is 0.257 e. The van der Waals surface area contributed by atoms with E-state index in [1.54, 1.807) is 0 Å². The monoisotopic (exact) mass is 411 g/mol. The fourth-order valence-corrected chi connectivity index (χ4v) is 6.39. The van der Waals surface area contributed by atoms with Gasteiger partial charge >= 0.3 is 0 Å². The van der Waals surface area contributed by atoms with Crippen molar-refractivity contribution in [1.29, 1.82) is 0 Å². The van der Waals surface area contributed by atoms with E-state index in [0.29, 0.717) is 18.2 Å². The van der Waals surface area contributed by atoms with Crippen molar-refractivity contribution in [3.05, 3.63) is 39.4 Å². The van der Waals surface area contributed by atoms with Gasteiger partial charge in [-0.1, -0.05) is 11.6 Å². The van der Waals surface area contributed by atoms with Gasteiger partial charge in [-0.15, -0.1) is 11.3 Å². The summed E-state index contributed by atoms with van der Waals surface area (Å²) < 4.78 is 27.0. The number of hydrogen-bond acceptors (Lipinski definition) is 5. The molecular formula is C17H18ClN3O3S2. The number of rotatable bonds is 4. The predicted molar refractivity (Wildman–Crippen MR) is 102 cm³/mol. The maximum Gasteiger partial charge on any atom is 0.257 e. The van der Waals surface area contributed by atoms with Crippen LogP contribution in [0.4, 0.5) is 5.13 Å². The predicted octanol–water partition coefficient (Wildman–Crippen LogP) is 3.32. The first kappa shape index (κ1) is 17.9. The Morgan fingerprint density at radius 2 is 1.96 bits per heavy atom. The highest BCUT2D eigenvalue weighted by Crippen LogP contribution is 2.31. The van der Waals surface area contributed by atoms with Gasteiger partial charge in [0.25, 0.3) is 5.91 Å². The molecule has 2 aromatic rings. The lowest BCUT2D eigenvalue weighted by atomic mass is 10.2. The third kappa shape index (κ3) is 3.26. The number of nitrogens with zero attached hydrogens (tertiary/aromatic N) is 2. The van der Waals surface area contributed by atoms with E-state index in [1.807, 2.05) is 0 Å². The van der Waals surface area contributed by atoms with Crippen LogP contribution < -0.4 is 5.32 Å². The summed E-state index contributed by atoms with van der Waals surface area (Å²) in [5, 5.41) is 3.45. The Kier molecular flexibility index (Phi) is 4.77. The zero-order chi connectivity index (χ0) is 18.3. The Morgan fingerprint density at radius 1 is 1.19 bits per heavy atom. The van der Waals surface area contributed by atoms with Gasteiger partial charge in [0.2, 0.25) is 10.0 Å². The molecule has 4 rings (SSSR count). The number of aryl methyl sites for hydroxylation is 2. The molecule has 6 nitrogen and oxygen atoms in total. The van der Waals surface area contributed by atoms with Crippen molar-refractivity contribution in [3.8, 4) is 0 Å². The summed E-state index contributed by atoms with van der Waals surface area (Å²) in [5.41, 5.74) is 1.31. The molecule has 1 amide bonds. The minimum atomic E-state index is -3.69. The number of nitrogens with one attached hydrogen (secondary N) is 1. The highest BCUT2D eigenvalue weighted by atomic mass is 35.5. The van der Waals surface area contributed by atoms with E-state index in [1.165, 1.54) is 38.7 Å². The van der Waals surface area contributed by atoms with E-state index in [2.05, 4.69) is 10.3 Å². The summed E-state index contributed by atoms with van der Waals surface area (Å²) in [6, 6.07) is 4.34. The quantitative estimate of drug-likeness (QED) is 0.836. The first-order chi connectivity index (χ1) is 12.4. The van der Waals surface area contributed by atoms with E-state index in [9.17, 15) is 13.2 Å². The van der Waals surface area contributed by atoms with Crippen molar-refractivity contribution in [3.63, 3.8) is 0 Å². The molecule has 1 aliphatic heterocycles. The largest absolute Gasteiger partial charge is 0.298 e. The molecule has 1 aromatic carbocycles. The average molecular weight is 412 g/mol. The fraction of sp³-hybridized carbons (Fsp3) is 0.412. The zero-order valence-corrected chi connectivity index (χ0v) is 16.4. The minimum Gasteiger partial charge on any atom is -0.298 e. The number of halogens is 1. The summed E-state index contributed by atoms with van der Waals surface area (Å²) in [6.07, 6.45) is 4.73. The van der Waals surface area contributed by atoms with Crippen LogP contribution in [0.25, 0.3) is 0 Å². The second kappa shape index (κ2) is 6.92. The maximum atomic E-state index is 12.8. The Labute approximate surface area is 161 Å². The third-order valence-electron chi connectivity index (χ3n) is 4.69. The van der Waals surface area contributed by atoms with Crippen LogP contribution in [0.15, 0.2) is 23.1 Å². The van der Waals surface area contributed by atoms with Gasteiger partial charge in [-0.05, 0) is 50.3 Å². The molecule has 2 aliphatic rings. The highest BCUT2D eigenvalue weighted by Gasteiger charge is 2.30. The Bertz CT molecular complexity index is 944. The lowest BCUT2D eigenvalue weighted by molar-refractivity contribution is 0.102. The van der Waals surface area contributed by atoms with Crippen LogP contribution in [0.1, 0.15) is 40.2 Å². The molecule has 0 radical (unpaired) electrons. The first-order valence-electron chi connectivity index (χ1n) is 8.55. The van der Waals surface area contributed by atoms with E-state index >= 15 is 0 Å². The number of fused-ring (bicyclic) bond motifs is 1. The SMILES string of the molecule is O=C(Nc1nc2c(s1)CCC2)c1ccc(Cl)c(S(=O)(=O)N2CCCC2)c1. The molecule has 1 aromatic heterocycles. The summed E-state index contributed by atoms with van der Waals surface area (Å²) in [4.78, 5) is 18.2. The summed E-state index contributed by atoms with van der Waals surface area (Å²) in [6.45, 7) is 0.972. The number of sulfonamides is 1. The molecular weight excluding hydrogens is 394 g/mol. The number of anilines is 1. The third-order valence-corrected chi connectivity index (χ3v) is 8.15. The molecule has 1 saturated heterocycles. The van der Waals surface area contributed by atoms with Crippen molar-refractivity contribution in [1.82, 2.24) is 9.29 Å². The molecule has 0 spiro atoms. The van der Waals surface area contributed by atoms with Crippen LogP contribution in [-0.4, -0.2) is 36.7 Å². The number of aromatic nitrogens is 1. The lowest BCUT2D eigenvalue weighted by Crippen LogP contribution is -2.28. The van der Waals surface area contributed by atoms with Crippen molar-refractivity contribution < 1.29 is 13.2 Å². The van der Waals surface area contributed by atoms with Gasteiger partial charge in [0.05, 0.1) is 10.7 Å². The standard InChI is InChI=1S/C17H18ClN3O3S2/c18-12-7-6-11(10-15(12)26(23,24)21-8-1-2-9-21)16(22)20-17-19-13-4-3-5-14(13)25-17/h6-7,10H,1-5,8-9H2,(H,19,20,22). The van der Waals surface area contributed by atoms with Gasteiger partial charge in [0.1, 0.15) is 4.90 Å². The summed E-state index contributed by atoms with van der Waals surface area (Å²) >= 11 is 7.61. The van der Waals surface area contributed by atoms with E-state index in [0.717, 1.165) is 37.8 Å². The average Bonchev–Trinajstić information content (AvgIpc) is 3.32. The number of carbonyl (C=O) groups is 1. The van der Waals surface area contributed by atoms with Gasteiger partial charge in [0.15, 0.2) is 5.13 Å². The molecule has 0 unspecified atom stereocenters. The number of carbonyl (C=O) groups excluding carboxylic acids is 1. The number of amides is 1. The number of hydrogen-bond donors (Lipinski definition) is 1. The Hall–Kier alpha value is -1.48. The lowest BCUT2D eigenvalue weighted by Gasteiger charge is -2.17. The number of benzene rings is 1. The topological polar surface area (TPSA) is 79.4 Å². The van der Waals surface area contributed by atoms with Gasteiger partial charge in [-0.2, -0.15) is 4.31 Å². The molecule has 138 valence electrons. The Morgan fingerprint density at radius 3 is 2.69 bits per heavy atom. The molecule has 9 heteroatoms. The second-order valence-electron chi connectivity index (χ2n) is 6.45. The van der Waals surface area contributed by atoms with Crippen LogP contribution in [0.3, 0.4) is 0 Å². The van der Waals surface area contributed by atoms with Crippen molar-refractivity contribution >= 4 is 44.0 Å². The Balaban J connectivity index is 1.59. The molecule has 1 N–H and O–H groups in total. The van der Waals surface area contributed by atoms with Crippen LogP contribution in [0.2, 0.25) is 5.02 Å². The zero-order valence-electron chi connectivity index (χ0n) is 14.0. The normalized spacial score (nSPS) is 17.4. The van der Waals surface area contributed by atoms with Crippen molar-refractivity contribution in [2.75, 3.05) is 18.4 Å². The minimum absolute atomic E-state index is 0.0182. The van der Waals surface area contributed by atoms with Crippen molar-refractivity contribution in [2.24, 2.45) is 0 Å². The van der Waals surface area contributed by atoms with Crippen LogP contribution in [0, 0.1) is 0 Å². The first-order valence-corrected chi connectivity index (χ1v) is 11.2. The molecule has 1 fully saturated rings. The summed E-state index contributed by atoms with van der Waals surface area (Å²) in [5.74, 6) is -0.382. The van der Waals surface area contributed by atoms with Crippen LogP contribution in [0.5, 0.6) is 0 Å². The van der Waals surface area contributed by atoms with Crippen molar-refractivity contribution in [2.45, 2.75) is 37.0 Å². The van der Waals surface area contributed by atoms with E-state index in [4.69, 9.17) is 11.6 Å². The maximum absolute atomic E-state index is 12.8. The van der Waals surface area contributed by atoms with Gasteiger partial charge < -0.3 is 0 Å². The molecule has 2 heterocycles. The van der Waals surface area contributed by atoms with Gasteiger partial charge in [-0.25, -0.2) is 13.4 Å². The van der Waals surface area contributed by atoms with E-state index in [-0.39, 0.29) is 21.4 Å².